The molecule has 1 aliphatic carbocycles. The number of methoxy groups -OCH3 is 1. The van der Waals surface area contributed by atoms with Gasteiger partial charge in [-0.25, -0.2) is 0 Å². The Morgan fingerprint density at radius 1 is 1.43 bits per heavy atom. The summed E-state index contributed by atoms with van der Waals surface area (Å²) in [5.74, 6) is 0.757. The van der Waals surface area contributed by atoms with Crippen molar-refractivity contribution < 1.29 is 9.53 Å². The molecule has 1 saturated carbocycles. The molecule has 4 heteroatoms. The number of rotatable bonds is 1. The van der Waals surface area contributed by atoms with Crippen molar-refractivity contribution >= 4 is 17.7 Å². The van der Waals surface area contributed by atoms with Crippen LogP contribution in [0.25, 0.3) is 0 Å². The second kappa shape index (κ2) is 4.11. The molecule has 1 N–H and O–H groups in total. The molecule has 1 saturated heterocycles. The van der Waals surface area contributed by atoms with Crippen LogP contribution in [-0.4, -0.2) is 29.7 Å². The number of nitrogens with one attached hydrogen (secondary N) is 1. The van der Waals surface area contributed by atoms with Crippen molar-refractivity contribution in [1.29, 1.82) is 0 Å². The number of carbonyl (C=O) groups is 1. The third kappa shape index (κ3) is 1.91. The van der Waals surface area contributed by atoms with Gasteiger partial charge >= 0.3 is 5.97 Å². The minimum atomic E-state index is -0.111. The van der Waals surface area contributed by atoms with Crippen LogP contribution in [0.15, 0.2) is 0 Å². The lowest BCUT2D eigenvalue weighted by atomic mass is 9.94. The molecule has 0 aromatic rings. The fraction of sp³-hybridized carbons (Fsp3) is 0.900. The number of thioether (sulfide) groups is 1. The maximum Gasteiger partial charge on any atom is 0.323 e. The third-order valence-corrected chi connectivity index (χ3v) is 4.69. The van der Waals surface area contributed by atoms with Crippen LogP contribution in [-0.2, 0) is 9.53 Å². The molecule has 0 aromatic carbocycles. The molecule has 2 rings (SSSR count). The first-order valence-electron chi connectivity index (χ1n) is 5.25. The number of ether oxygens (including phenoxy) is 1. The molecule has 1 spiro atoms. The normalized spacial score (nSPS) is 30.5. The Kier molecular flexibility index (Phi) is 3.02. The number of hydrogen-bond donors (Lipinski definition) is 1. The highest BCUT2D eigenvalue weighted by Crippen LogP contribution is 2.42. The summed E-state index contributed by atoms with van der Waals surface area (Å²) in [6.07, 6.45) is 6.31. The van der Waals surface area contributed by atoms with Crippen LogP contribution in [0.3, 0.4) is 0 Å². The van der Waals surface area contributed by atoms with Gasteiger partial charge in [-0.3, -0.25) is 10.1 Å². The van der Waals surface area contributed by atoms with E-state index in [9.17, 15) is 4.79 Å². The largest absolute Gasteiger partial charge is 0.468 e. The average molecular weight is 215 g/mol. The van der Waals surface area contributed by atoms with Crippen LogP contribution in [0.4, 0.5) is 0 Å². The Hall–Kier alpha value is -0.220. The van der Waals surface area contributed by atoms with E-state index in [2.05, 4.69) is 5.32 Å². The standard InChI is InChI=1S/C10H17NO2S/c1-13-9(12)8-7-14-10(11-8)5-3-2-4-6-10/h8,11H,2-7H2,1H3/t8-/m1/s1. The molecule has 0 unspecified atom stereocenters. The molecule has 14 heavy (non-hydrogen) atoms. The maximum absolute atomic E-state index is 11.3. The zero-order valence-electron chi connectivity index (χ0n) is 8.54. The summed E-state index contributed by atoms with van der Waals surface area (Å²) in [7, 11) is 1.46. The summed E-state index contributed by atoms with van der Waals surface area (Å²) in [5.41, 5.74) is 0. The van der Waals surface area contributed by atoms with Gasteiger partial charge in [0.15, 0.2) is 0 Å². The molecule has 1 heterocycles. The van der Waals surface area contributed by atoms with Crippen molar-refractivity contribution in [3.63, 3.8) is 0 Å². The zero-order chi connectivity index (χ0) is 10.0. The Balaban J connectivity index is 1.95. The van der Waals surface area contributed by atoms with Gasteiger partial charge in [-0.15, -0.1) is 11.8 Å². The highest BCUT2D eigenvalue weighted by atomic mass is 32.2. The molecule has 0 radical (unpaired) electrons. The van der Waals surface area contributed by atoms with Crippen molar-refractivity contribution in [3.05, 3.63) is 0 Å². The van der Waals surface area contributed by atoms with Crippen LogP contribution < -0.4 is 5.32 Å². The molecular weight excluding hydrogens is 198 g/mol. The van der Waals surface area contributed by atoms with E-state index in [0.717, 1.165) is 5.75 Å². The topological polar surface area (TPSA) is 38.3 Å². The molecule has 0 aromatic heterocycles. The van der Waals surface area contributed by atoms with E-state index >= 15 is 0 Å². The van der Waals surface area contributed by atoms with Crippen LogP contribution >= 0.6 is 11.8 Å². The summed E-state index contributed by atoms with van der Waals surface area (Å²) in [6, 6.07) is -0.0805. The van der Waals surface area contributed by atoms with Gasteiger partial charge in [-0.05, 0) is 12.8 Å². The van der Waals surface area contributed by atoms with Gasteiger partial charge in [0.25, 0.3) is 0 Å². The van der Waals surface area contributed by atoms with E-state index in [4.69, 9.17) is 4.74 Å². The van der Waals surface area contributed by atoms with Gasteiger partial charge in [-0.1, -0.05) is 19.3 Å². The Bertz CT molecular complexity index is 226. The first kappa shape index (κ1) is 10.3. The molecular formula is C10H17NO2S. The van der Waals surface area contributed by atoms with E-state index in [1.807, 2.05) is 11.8 Å². The predicted octanol–water partition coefficient (Wildman–Crippen LogP) is 1.52. The summed E-state index contributed by atoms with van der Waals surface area (Å²) in [6.45, 7) is 0. The smallest absolute Gasteiger partial charge is 0.323 e. The van der Waals surface area contributed by atoms with Gasteiger partial charge in [0.05, 0.1) is 12.0 Å². The second-order valence-electron chi connectivity index (χ2n) is 4.09. The van der Waals surface area contributed by atoms with Gasteiger partial charge < -0.3 is 4.74 Å². The Morgan fingerprint density at radius 3 is 2.79 bits per heavy atom. The number of carbonyl (C=O) groups excluding carboxylic acids is 1. The molecule has 0 amide bonds. The van der Waals surface area contributed by atoms with Gasteiger partial charge in [0, 0.05) is 5.75 Å². The quantitative estimate of drug-likeness (QED) is 0.673. The average Bonchev–Trinajstić information content (AvgIpc) is 2.62. The molecule has 2 fully saturated rings. The SMILES string of the molecule is COC(=O)[C@H]1CSC2(CCCCC2)N1. The van der Waals surface area contributed by atoms with Crippen LogP contribution in [0.2, 0.25) is 0 Å². The molecule has 1 aliphatic heterocycles. The van der Waals surface area contributed by atoms with E-state index in [-0.39, 0.29) is 16.9 Å². The Morgan fingerprint density at radius 2 is 2.14 bits per heavy atom. The summed E-state index contributed by atoms with van der Waals surface area (Å²) >= 11 is 1.91. The molecule has 2 aliphatic rings. The summed E-state index contributed by atoms with van der Waals surface area (Å²) in [4.78, 5) is 11.5. The van der Waals surface area contributed by atoms with Gasteiger partial charge in [-0.2, -0.15) is 0 Å². The highest BCUT2D eigenvalue weighted by Gasteiger charge is 2.42. The molecule has 1 atom stereocenters. The highest BCUT2D eigenvalue weighted by molar-refractivity contribution is 8.00. The van der Waals surface area contributed by atoms with Crippen LogP contribution in [0.5, 0.6) is 0 Å². The lowest BCUT2D eigenvalue weighted by Crippen LogP contribution is -2.46. The predicted molar refractivity (Wildman–Crippen MR) is 57.2 cm³/mol. The van der Waals surface area contributed by atoms with Crippen molar-refractivity contribution in [3.8, 4) is 0 Å². The summed E-state index contributed by atoms with van der Waals surface area (Å²) < 4.78 is 4.75. The van der Waals surface area contributed by atoms with Crippen molar-refractivity contribution in [2.75, 3.05) is 12.9 Å². The van der Waals surface area contributed by atoms with Gasteiger partial charge in [0.2, 0.25) is 0 Å². The van der Waals surface area contributed by atoms with Crippen molar-refractivity contribution in [2.45, 2.75) is 43.0 Å². The lowest BCUT2D eigenvalue weighted by Gasteiger charge is -2.33. The first-order valence-corrected chi connectivity index (χ1v) is 6.24. The van der Waals surface area contributed by atoms with E-state index < -0.39 is 0 Å². The minimum Gasteiger partial charge on any atom is -0.468 e. The second-order valence-corrected chi connectivity index (χ2v) is 5.49. The zero-order valence-corrected chi connectivity index (χ0v) is 9.36. The minimum absolute atomic E-state index is 0.0805. The van der Waals surface area contributed by atoms with Crippen molar-refractivity contribution in [2.24, 2.45) is 0 Å². The molecule has 3 nitrogen and oxygen atoms in total. The number of hydrogen-bond acceptors (Lipinski definition) is 4. The monoisotopic (exact) mass is 215 g/mol. The van der Waals surface area contributed by atoms with E-state index in [1.165, 1.54) is 39.2 Å². The lowest BCUT2D eigenvalue weighted by molar-refractivity contribution is -0.142. The summed E-state index contributed by atoms with van der Waals surface area (Å²) in [5, 5.41) is 3.45. The van der Waals surface area contributed by atoms with Crippen LogP contribution in [0.1, 0.15) is 32.1 Å². The fourth-order valence-corrected chi connectivity index (χ4v) is 3.83. The fourth-order valence-electron chi connectivity index (χ4n) is 2.32. The molecule has 0 bridgehead atoms. The van der Waals surface area contributed by atoms with Crippen LogP contribution in [0, 0.1) is 0 Å². The Labute approximate surface area is 89.0 Å². The van der Waals surface area contributed by atoms with Crippen molar-refractivity contribution in [1.82, 2.24) is 5.32 Å². The number of esters is 1. The maximum atomic E-state index is 11.3. The van der Waals surface area contributed by atoms with Gasteiger partial charge in [0.1, 0.15) is 6.04 Å². The first-order chi connectivity index (χ1) is 6.76. The van der Waals surface area contributed by atoms with E-state index in [0.29, 0.717) is 0 Å². The third-order valence-electron chi connectivity index (χ3n) is 3.11. The molecule has 80 valence electrons. The van der Waals surface area contributed by atoms with E-state index in [1.54, 1.807) is 0 Å².